The lowest BCUT2D eigenvalue weighted by Gasteiger charge is -2.27. The summed E-state index contributed by atoms with van der Waals surface area (Å²) in [6.45, 7) is 0. The minimum absolute atomic E-state index is 0.189. The fourth-order valence-electron chi connectivity index (χ4n) is 2.92. The quantitative estimate of drug-likeness (QED) is 0.456. The van der Waals surface area contributed by atoms with Crippen LogP contribution in [0.25, 0.3) is 10.6 Å². The molecule has 4 aromatic rings. The number of amides is 1. The van der Waals surface area contributed by atoms with Gasteiger partial charge in [0.25, 0.3) is 0 Å². The van der Waals surface area contributed by atoms with E-state index in [1.54, 1.807) is 12.4 Å². The van der Waals surface area contributed by atoms with E-state index < -0.39 is 6.04 Å². The number of carbonyl (C=O) groups is 1. The first kappa shape index (κ1) is 19.9. The van der Waals surface area contributed by atoms with Gasteiger partial charge >= 0.3 is 0 Å². The Morgan fingerprint density at radius 1 is 1.17 bits per heavy atom. The molecule has 0 aliphatic carbocycles. The standard InChI is InChI=1S/C20H19N7OS2/c1-27(16-12-29-19(21)23-16)15(11-13-5-3-2-4-6-13)17(28)24-20-26-25-18(30-20)14-7-9-22-10-8-14/h2-10,12,15H,11H2,1H3,(H2,21,23)(H,24,26,28)/t15-/m0/s1. The van der Waals surface area contributed by atoms with Crippen molar-refractivity contribution >= 4 is 44.7 Å². The maximum absolute atomic E-state index is 13.2. The number of nitrogens with zero attached hydrogens (tertiary/aromatic N) is 5. The van der Waals surface area contributed by atoms with Crippen molar-refractivity contribution in [1.29, 1.82) is 0 Å². The van der Waals surface area contributed by atoms with Crippen molar-refractivity contribution in [1.82, 2.24) is 20.2 Å². The summed E-state index contributed by atoms with van der Waals surface area (Å²) in [5.74, 6) is 0.466. The van der Waals surface area contributed by atoms with E-state index in [0.717, 1.165) is 11.1 Å². The van der Waals surface area contributed by atoms with E-state index in [2.05, 4.69) is 25.5 Å². The molecule has 0 aliphatic heterocycles. The second-order valence-electron chi connectivity index (χ2n) is 6.50. The lowest BCUT2D eigenvalue weighted by molar-refractivity contribution is -0.117. The van der Waals surface area contributed by atoms with Crippen molar-refractivity contribution in [2.75, 3.05) is 23.0 Å². The van der Waals surface area contributed by atoms with E-state index >= 15 is 0 Å². The predicted octanol–water partition coefficient (Wildman–Crippen LogP) is 3.33. The van der Waals surface area contributed by atoms with Gasteiger partial charge in [-0.1, -0.05) is 41.7 Å². The maximum Gasteiger partial charge on any atom is 0.249 e. The molecule has 8 nitrogen and oxygen atoms in total. The monoisotopic (exact) mass is 437 g/mol. The van der Waals surface area contributed by atoms with Crippen LogP contribution in [0.5, 0.6) is 0 Å². The Morgan fingerprint density at radius 2 is 1.93 bits per heavy atom. The van der Waals surface area contributed by atoms with Crippen LogP contribution in [0.15, 0.2) is 60.2 Å². The van der Waals surface area contributed by atoms with Gasteiger partial charge in [0.15, 0.2) is 5.13 Å². The maximum atomic E-state index is 13.2. The zero-order valence-corrected chi connectivity index (χ0v) is 17.7. The van der Waals surface area contributed by atoms with Crippen molar-refractivity contribution in [2.45, 2.75) is 12.5 Å². The Bertz CT molecular complexity index is 1110. The third kappa shape index (κ3) is 4.61. The lowest BCUT2D eigenvalue weighted by Crippen LogP contribution is -2.43. The molecule has 4 rings (SSSR count). The van der Waals surface area contributed by atoms with E-state index in [1.165, 1.54) is 22.7 Å². The first-order valence-electron chi connectivity index (χ1n) is 9.12. The molecule has 10 heteroatoms. The number of benzene rings is 1. The van der Waals surface area contributed by atoms with Gasteiger partial charge in [-0.05, 0) is 17.7 Å². The molecule has 30 heavy (non-hydrogen) atoms. The average Bonchev–Trinajstić information content (AvgIpc) is 3.42. The van der Waals surface area contributed by atoms with Crippen molar-refractivity contribution in [2.24, 2.45) is 0 Å². The number of nitrogen functional groups attached to an aromatic ring is 1. The summed E-state index contributed by atoms with van der Waals surface area (Å²) in [5.41, 5.74) is 7.73. The number of pyridine rings is 1. The molecule has 0 fully saturated rings. The van der Waals surface area contributed by atoms with Crippen LogP contribution in [0.4, 0.5) is 16.1 Å². The lowest BCUT2D eigenvalue weighted by atomic mass is 10.0. The third-order valence-electron chi connectivity index (χ3n) is 4.50. The van der Waals surface area contributed by atoms with Gasteiger partial charge in [0, 0.05) is 36.8 Å². The SMILES string of the molecule is CN(c1csc(N)n1)[C@@H](Cc1ccccc1)C(=O)Nc1nnc(-c2ccncc2)s1. The van der Waals surface area contributed by atoms with Gasteiger partial charge in [0.1, 0.15) is 16.9 Å². The number of nitrogens with two attached hydrogens (primary N) is 1. The molecule has 1 atom stereocenters. The fourth-order valence-corrected chi connectivity index (χ4v) is 4.26. The number of likely N-dealkylation sites (N-methyl/N-ethyl adjacent to an activating group) is 1. The molecule has 0 bridgehead atoms. The Labute approximate surface area is 181 Å². The molecular formula is C20H19N7OS2. The summed E-state index contributed by atoms with van der Waals surface area (Å²) in [6.07, 6.45) is 3.90. The molecule has 1 aromatic carbocycles. The molecule has 3 N–H and O–H groups in total. The summed E-state index contributed by atoms with van der Waals surface area (Å²) in [7, 11) is 1.84. The van der Waals surface area contributed by atoms with E-state index in [4.69, 9.17) is 5.73 Å². The summed E-state index contributed by atoms with van der Waals surface area (Å²) in [5, 5.41) is 14.7. The highest BCUT2D eigenvalue weighted by Crippen LogP contribution is 2.27. The Hall–Kier alpha value is -3.37. The summed E-state index contributed by atoms with van der Waals surface area (Å²) in [6, 6.07) is 13.1. The predicted molar refractivity (Wildman–Crippen MR) is 121 cm³/mol. The minimum Gasteiger partial charge on any atom is -0.375 e. The number of carbonyl (C=O) groups excluding carboxylic acids is 1. The minimum atomic E-state index is -0.498. The van der Waals surface area contributed by atoms with Crippen molar-refractivity contribution in [3.05, 3.63) is 65.8 Å². The molecule has 3 aromatic heterocycles. The molecule has 0 spiro atoms. The summed E-state index contributed by atoms with van der Waals surface area (Å²) >= 11 is 2.66. The zero-order valence-electron chi connectivity index (χ0n) is 16.1. The van der Waals surface area contributed by atoms with Crippen molar-refractivity contribution in [3.8, 4) is 10.6 Å². The second kappa shape index (κ2) is 8.97. The molecule has 0 saturated carbocycles. The number of rotatable bonds is 7. The van der Waals surface area contributed by atoms with Gasteiger partial charge < -0.3 is 10.6 Å². The number of nitrogens with one attached hydrogen (secondary N) is 1. The highest BCUT2D eigenvalue weighted by atomic mass is 32.1. The number of anilines is 3. The van der Waals surface area contributed by atoms with Crippen LogP contribution in [-0.2, 0) is 11.2 Å². The second-order valence-corrected chi connectivity index (χ2v) is 8.37. The van der Waals surface area contributed by atoms with Crippen molar-refractivity contribution < 1.29 is 4.79 Å². The van der Waals surface area contributed by atoms with Crippen LogP contribution in [0.2, 0.25) is 0 Å². The molecule has 1 amide bonds. The van der Waals surface area contributed by atoms with E-state index in [-0.39, 0.29) is 5.91 Å². The van der Waals surface area contributed by atoms with Gasteiger partial charge in [-0.15, -0.1) is 21.5 Å². The molecule has 152 valence electrons. The van der Waals surface area contributed by atoms with Gasteiger partial charge in [0.2, 0.25) is 11.0 Å². The highest BCUT2D eigenvalue weighted by Gasteiger charge is 2.26. The molecule has 0 aliphatic rings. The number of hydrogen-bond donors (Lipinski definition) is 2. The number of aromatic nitrogens is 4. The Balaban J connectivity index is 1.55. The van der Waals surface area contributed by atoms with Crippen LogP contribution >= 0.6 is 22.7 Å². The number of thiazole rings is 1. The van der Waals surface area contributed by atoms with Gasteiger partial charge in [-0.2, -0.15) is 0 Å². The molecule has 0 saturated heterocycles. The summed E-state index contributed by atoms with van der Waals surface area (Å²) < 4.78 is 0. The topological polar surface area (TPSA) is 110 Å². The average molecular weight is 438 g/mol. The summed E-state index contributed by atoms with van der Waals surface area (Å²) in [4.78, 5) is 23.4. The first-order valence-corrected chi connectivity index (χ1v) is 10.8. The first-order chi connectivity index (χ1) is 14.6. The van der Waals surface area contributed by atoms with Crippen LogP contribution < -0.4 is 16.0 Å². The zero-order chi connectivity index (χ0) is 20.9. The van der Waals surface area contributed by atoms with Crippen LogP contribution in [0.3, 0.4) is 0 Å². The fraction of sp³-hybridized carbons (Fsp3) is 0.150. The molecular weight excluding hydrogens is 418 g/mol. The van der Waals surface area contributed by atoms with Gasteiger partial charge in [0.05, 0.1) is 0 Å². The van der Waals surface area contributed by atoms with Crippen LogP contribution in [0, 0.1) is 0 Å². The van der Waals surface area contributed by atoms with Crippen LogP contribution in [0.1, 0.15) is 5.56 Å². The number of hydrogen-bond acceptors (Lipinski definition) is 9. The highest BCUT2D eigenvalue weighted by molar-refractivity contribution is 7.18. The Kier molecular flexibility index (Phi) is 5.96. The van der Waals surface area contributed by atoms with Crippen molar-refractivity contribution in [3.63, 3.8) is 0 Å². The molecule has 0 unspecified atom stereocenters. The largest absolute Gasteiger partial charge is 0.375 e. The normalized spacial score (nSPS) is 11.8. The molecule has 0 radical (unpaired) electrons. The Morgan fingerprint density at radius 3 is 2.63 bits per heavy atom. The van der Waals surface area contributed by atoms with E-state index in [9.17, 15) is 4.79 Å². The van der Waals surface area contributed by atoms with Gasteiger partial charge in [-0.3, -0.25) is 15.1 Å². The molecule has 3 heterocycles. The smallest absolute Gasteiger partial charge is 0.249 e. The third-order valence-corrected chi connectivity index (χ3v) is 6.04. The van der Waals surface area contributed by atoms with E-state index in [1.807, 2.05) is 59.8 Å². The van der Waals surface area contributed by atoms with Crippen LogP contribution in [-0.4, -0.2) is 39.2 Å². The van der Waals surface area contributed by atoms with E-state index in [0.29, 0.717) is 27.5 Å². The van der Waals surface area contributed by atoms with Gasteiger partial charge in [-0.25, -0.2) is 4.98 Å².